The highest BCUT2D eigenvalue weighted by atomic mass is 35.5. The van der Waals surface area contributed by atoms with Gasteiger partial charge in [0.15, 0.2) is 0 Å². The van der Waals surface area contributed by atoms with Gasteiger partial charge >= 0.3 is 5.97 Å². The molecule has 7 aromatic rings. The lowest BCUT2D eigenvalue weighted by atomic mass is 9.55. The first-order valence-electron chi connectivity index (χ1n) is 43.8. The molecule has 0 aromatic heterocycles. The predicted molar refractivity (Wildman–Crippen MR) is 474 cm³/mol. The van der Waals surface area contributed by atoms with Crippen LogP contribution in [0.15, 0.2) is 192 Å². The Hall–Kier alpha value is -10.0. The maximum absolute atomic E-state index is 16.3. The minimum atomic E-state index is -4.63. The van der Waals surface area contributed by atoms with Crippen LogP contribution in [0.4, 0.5) is 10.1 Å². The Morgan fingerprint density at radius 2 is 0.984 bits per heavy atom. The second kappa shape index (κ2) is 37.4. The number of likely N-dealkylation sites (tertiary alicyclic amines) is 1. The molecule has 7 aromatic carbocycles. The molecule has 9 fully saturated rings. The van der Waals surface area contributed by atoms with Crippen molar-refractivity contribution in [1.82, 2.24) is 60.5 Å². The molecule has 0 radical (unpaired) electrons. The fourth-order valence-electron chi connectivity index (χ4n) is 21.7. The van der Waals surface area contributed by atoms with Crippen LogP contribution in [-0.4, -0.2) is 211 Å². The van der Waals surface area contributed by atoms with Gasteiger partial charge in [0.1, 0.15) is 35.4 Å². The number of amides is 8. The van der Waals surface area contributed by atoms with E-state index in [2.05, 4.69) is 47.4 Å². The van der Waals surface area contributed by atoms with Gasteiger partial charge in [-0.15, -0.1) is 0 Å². The second-order valence-corrected chi connectivity index (χ2v) is 39.9. The molecule has 6 aliphatic heterocycles. The van der Waals surface area contributed by atoms with Crippen molar-refractivity contribution in [1.29, 1.82) is 0 Å². The number of carboxylic acid groups (broad SMARTS) is 1. The van der Waals surface area contributed by atoms with Gasteiger partial charge < -0.3 is 57.4 Å². The average Bonchev–Trinajstić information content (AvgIpc) is 1.49. The third-order valence-corrected chi connectivity index (χ3v) is 32.7. The third-order valence-electron chi connectivity index (χ3n) is 28.5. The van der Waals surface area contributed by atoms with Crippen LogP contribution < -0.4 is 42.5 Å². The van der Waals surface area contributed by atoms with E-state index < -0.39 is 184 Å². The zero-order chi connectivity index (χ0) is 89.4. The molecule has 126 heavy (non-hydrogen) atoms. The molecule has 11 unspecified atom stereocenters. The van der Waals surface area contributed by atoms with Crippen LogP contribution in [0, 0.1) is 11.2 Å². The van der Waals surface area contributed by atoms with Crippen molar-refractivity contribution < 1.29 is 69.5 Å². The first kappa shape index (κ1) is 90.8. The fraction of sp³-hybridized carbons (Fsp3) is 0.457. The molecule has 32 heteroatoms. The monoisotopic (exact) mass is 1800 g/mol. The smallest absolute Gasteiger partial charge is 0.309 e. The summed E-state index contributed by atoms with van der Waals surface area (Å²) in [6, 6.07) is 43.4. The number of likely N-dealkylation sites (N-methyl/N-ethyl adjacent to an activating group) is 3. The van der Waals surface area contributed by atoms with Crippen LogP contribution in [0.2, 0.25) is 10.0 Å². The largest absolute Gasteiger partial charge is 0.481 e. The molecule has 8 amide bonds. The van der Waals surface area contributed by atoms with E-state index >= 15 is 21.2 Å². The lowest BCUT2D eigenvalue weighted by Gasteiger charge is -2.52. The van der Waals surface area contributed by atoms with Crippen LogP contribution in [-0.2, 0) is 68.6 Å². The summed E-state index contributed by atoms with van der Waals surface area (Å²) >= 11 is 12.8. The highest BCUT2D eigenvalue weighted by molar-refractivity contribution is 7.90. The van der Waals surface area contributed by atoms with E-state index in [1.807, 2.05) is 134 Å². The number of aliphatic carboxylic acids is 1. The average molecular weight is 1800 g/mol. The molecule has 17 rings (SSSR count). The van der Waals surface area contributed by atoms with Crippen molar-refractivity contribution in [3.8, 4) is 0 Å². The van der Waals surface area contributed by atoms with Gasteiger partial charge in [-0.05, 0) is 194 Å². The molecule has 2 bridgehead atoms. The molecule has 4 saturated carbocycles. The maximum atomic E-state index is 16.3. The summed E-state index contributed by atoms with van der Waals surface area (Å²) in [7, 11) is -6.13. The van der Waals surface area contributed by atoms with Gasteiger partial charge in [-0.25, -0.2) is 21.2 Å². The first-order chi connectivity index (χ1) is 60.4. The van der Waals surface area contributed by atoms with Crippen molar-refractivity contribution in [3.63, 3.8) is 0 Å². The zero-order valence-electron chi connectivity index (χ0n) is 71.2. The van der Waals surface area contributed by atoms with Crippen LogP contribution in [0.25, 0.3) is 0 Å². The number of benzene rings is 7. The number of hydrogen-bond donors (Lipinski definition) is 9. The van der Waals surface area contributed by atoms with E-state index in [4.69, 9.17) is 23.2 Å². The molecule has 668 valence electrons. The number of carbonyl (C=O) groups excluding carboxylic acids is 8. The summed E-state index contributed by atoms with van der Waals surface area (Å²) in [4.78, 5) is 132. The fourth-order valence-corrected chi connectivity index (χ4v) is 25.1. The Morgan fingerprint density at radius 3 is 1.41 bits per heavy atom. The normalized spacial score (nSPS) is 26.6. The number of hydrogen-bond acceptors (Lipinski definition) is 16. The molecule has 10 aliphatic rings. The van der Waals surface area contributed by atoms with Crippen molar-refractivity contribution in [2.75, 3.05) is 52.1 Å². The molecule has 27 nitrogen and oxygen atoms in total. The summed E-state index contributed by atoms with van der Waals surface area (Å²) < 4.78 is 78.5. The van der Waals surface area contributed by atoms with Crippen LogP contribution in [0.3, 0.4) is 0 Å². The molecular weight excluding hydrogens is 1690 g/mol. The Kier molecular flexibility index (Phi) is 26.9. The number of nitrogens with one attached hydrogen (secondary N) is 8. The molecule has 5 saturated heterocycles. The lowest BCUT2D eigenvalue weighted by molar-refractivity contribution is -0.157. The first-order valence-corrected chi connectivity index (χ1v) is 47.5. The Labute approximate surface area is 744 Å². The van der Waals surface area contributed by atoms with Gasteiger partial charge in [0, 0.05) is 66.0 Å². The van der Waals surface area contributed by atoms with Gasteiger partial charge in [0.05, 0.1) is 50.4 Å². The van der Waals surface area contributed by atoms with Gasteiger partial charge in [-0.2, -0.15) is 8.61 Å². The summed E-state index contributed by atoms with van der Waals surface area (Å²) in [6.45, 7) is 4.30. The number of anilines is 1. The van der Waals surface area contributed by atoms with Gasteiger partial charge in [0.25, 0.3) is 0 Å². The minimum absolute atomic E-state index is 0.0534. The maximum Gasteiger partial charge on any atom is 0.309 e. The SMILES string of the molecule is CCN1C(C(=O)NC23CCC(C(=O)O)(CC2)CC3)C(c2cccc(Cl)c2F)C2(C(=O)Nc3cc(Cl)ccc32)C12CCCCC2.CNC(C)C(=O)NC1CN(S(=O)(=O)c2cccc(S(=O)(=O)N3CCC4CCC(C(=O)NC(c5ccccc5)c5ccccc5)N4C(=O)C(NC(=O)C(C)NC)C3)c2)CCC2CCC(C(=O)NC(c3ccccc3)c3ccccc3)N2C1=O. The van der Waals surface area contributed by atoms with Crippen molar-refractivity contribution in [2.24, 2.45) is 5.41 Å². The van der Waals surface area contributed by atoms with E-state index in [1.165, 1.54) is 34.1 Å². The topological polar surface area (TPSA) is 355 Å². The molecular formula is C94H110Cl2FN13O14S2. The van der Waals surface area contributed by atoms with E-state index in [9.17, 15) is 48.3 Å². The number of nitrogens with zero attached hydrogens (tertiary/aromatic N) is 5. The van der Waals surface area contributed by atoms with Crippen LogP contribution in [0.1, 0.15) is 181 Å². The van der Waals surface area contributed by atoms with Crippen molar-refractivity contribution in [3.05, 3.63) is 231 Å². The molecule has 4 aliphatic carbocycles. The summed E-state index contributed by atoms with van der Waals surface area (Å²) in [5.74, 6) is -5.98. The van der Waals surface area contributed by atoms with E-state index in [0.29, 0.717) is 81.5 Å². The number of rotatable bonds is 23. The number of sulfonamides is 2. The highest BCUT2D eigenvalue weighted by Gasteiger charge is 2.76. The summed E-state index contributed by atoms with van der Waals surface area (Å²) in [5, 5.41) is 34.4. The van der Waals surface area contributed by atoms with Gasteiger partial charge in [0.2, 0.25) is 67.3 Å². The standard InChI is InChI=1S/C60H72N10O10S2.C34H38Cl2FN3O4/c1-39(61-3)55(71)63-49-37-67(34-32-45-28-30-51(69(45)59(49)75)57(73)65-53(41-18-9-5-10-19-41)42-20-11-6-12-21-42)81(77,78)47-26-17-27-48(36-47)82(79,80)68-35-33-46-29-31-52(70(46)60(76)50(38-68)64-56(72)40(2)62-4)58(74)66-54(43-22-13-7-14-23-43)44-24-15-8-16-25-44;1-2-40-27(28(41)39-32-16-13-31(14-17-32,15-18-32)30(43)44)25(21-7-6-8-23(36)26(21)37)34(33(40)11-4-3-5-12-33)22-10-9-20(35)19-24(22)38-29(34)42/h5-27,36,39-40,45-46,49-54,61-62H,28-35,37-38H2,1-4H3,(H,63,71)(H,64,72)(H,65,73)(H,66,74);6-10,19,25,27H,2-5,11-18H2,1H3,(H,38,42)(H,39,41)(H,43,44). The van der Waals surface area contributed by atoms with E-state index in [-0.39, 0.29) is 61.2 Å². The van der Waals surface area contributed by atoms with Crippen molar-refractivity contribution in [2.45, 2.75) is 229 Å². The van der Waals surface area contributed by atoms with Gasteiger partial charge in [-0.3, -0.25) is 48.1 Å². The molecule has 2 spiro atoms. The molecule has 6 heterocycles. The minimum Gasteiger partial charge on any atom is -0.481 e. The second-order valence-electron chi connectivity index (χ2n) is 35.2. The Morgan fingerprint density at radius 1 is 0.540 bits per heavy atom. The quantitative estimate of drug-likeness (QED) is 0.0287. The Balaban J connectivity index is 0.000000232. The Bertz CT molecular complexity index is 5200. The highest BCUT2D eigenvalue weighted by Crippen LogP contribution is 2.67. The molecule has 9 N–H and O–H groups in total. The summed E-state index contributed by atoms with van der Waals surface area (Å²) in [6.07, 6.45) is 8.99. The number of fused-ring (bicyclic) bond motifs is 8. The number of halogens is 3. The van der Waals surface area contributed by atoms with Crippen LogP contribution >= 0.6 is 23.2 Å². The van der Waals surface area contributed by atoms with E-state index in [1.54, 1.807) is 52.2 Å². The third kappa shape index (κ3) is 17.1. The number of carbonyl (C=O) groups is 9. The van der Waals surface area contributed by atoms with Crippen LogP contribution in [0.5, 0.6) is 0 Å². The molecule has 11 atom stereocenters. The summed E-state index contributed by atoms with van der Waals surface area (Å²) in [5.41, 5.74) is 1.66. The predicted octanol–water partition coefficient (Wildman–Crippen LogP) is 10.00. The van der Waals surface area contributed by atoms with E-state index in [0.717, 1.165) is 61.8 Å². The van der Waals surface area contributed by atoms with Gasteiger partial charge in [-0.1, -0.05) is 195 Å². The lowest BCUT2D eigenvalue weighted by Crippen LogP contribution is -2.63. The van der Waals surface area contributed by atoms with Crippen molar-refractivity contribution >= 4 is 102 Å². The number of carboxylic acids is 1. The zero-order valence-corrected chi connectivity index (χ0v) is 74.4.